The van der Waals surface area contributed by atoms with E-state index in [-0.39, 0.29) is 22.6 Å². The second-order valence-corrected chi connectivity index (χ2v) is 10.3. The van der Waals surface area contributed by atoms with Gasteiger partial charge in [0, 0.05) is 26.7 Å². The Morgan fingerprint density at radius 1 is 1.03 bits per heavy atom. The van der Waals surface area contributed by atoms with Gasteiger partial charge in [-0.05, 0) is 54.3 Å². The molecule has 0 spiro atoms. The van der Waals surface area contributed by atoms with Crippen molar-refractivity contribution in [1.82, 2.24) is 9.21 Å². The van der Waals surface area contributed by atoms with Gasteiger partial charge < -0.3 is 14.4 Å². The van der Waals surface area contributed by atoms with Gasteiger partial charge in [-0.3, -0.25) is 4.79 Å². The van der Waals surface area contributed by atoms with Crippen LogP contribution in [0.5, 0.6) is 11.5 Å². The fourth-order valence-electron chi connectivity index (χ4n) is 4.00. The van der Waals surface area contributed by atoms with Crippen LogP contribution in [0.25, 0.3) is 6.08 Å². The lowest BCUT2D eigenvalue weighted by atomic mass is 10.0. The van der Waals surface area contributed by atoms with E-state index in [2.05, 4.69) is 0 Å². The number of rotatable bonds is 7. The van der Waals surface area contributed by atoms with E-state index in [1.807, 2.05) is 29.2 Å². The van der Waals surface area contributed by atoms with Gasteiger partial charge in [0.1, 0.15) is 16.4 Å². The molecule has 2 aromatic rings. The Kier molecular flexibility index (Phi) is 8.15. The maximum absolute atomic E-state index is 13.2. The number of likely N-dealkylation sites (tertiary alicyclic amines) is 1. The predicted molar refractivity (Wildman–Crippen MR) is 129 cm³/mol. The van der Waals surface area contributed by atoms with Gasteiger partial charge in [-0.25, -0.2) is 12.7 Å². The van der Waals surface area contributed by atoms with Gasteiger partial charge in [-0.15, -0.1) is 0 Å². The van der Waals surface area contributed by atoms with Crippen molar-refractivity contribution < 1.29 is 22.7 Å². The molecule has 3 rings (SSSR count). The summed E-state index contributed by atoms with van der Waals surface area (Å²) in [6, 6.07) is 12.7. The smallest absolute Gasteiger partial charge is 0.247 e. The minimum absolute atomic E-state index is 0.00361. The number of hydrogen-bond donors (Lipinski definition) is 0. The fourth-order valence-corrected chi connectivity index (χ4v) is 5.09. The van der Waals surface area contributed by atoms with Gasteiger partial charge in [-0.1, -0.05) is 31.0 Å². The Labute approximate surface area is 196 Å². The SMILES string of the molecule is COc1ccc([C@@H]2CCCCCN2C(=O)/C=C/c2ccc(OC)c(S(=O)(=O)N(C)C)c2)cc1. The second kappa shape index (κ2) is 10.9. The lowest BCUT2D eigenvalue weighted by Gasteiger charge is -2.29. The molecule has 0 radical (unpaired) electrons. The molecule has 0 N–H and O–H groups in total. The highest BCUT2D eigenvalue weighted by Gasteiger charge is 2.26. The molecule has 1 aliphatic heterocycles. The normalized spacial score (nSPS) is 17.2. The van der Waals surface area contributed by atoms with Crippen molar-refractivity contribution in [3.8, 4) is 11.5 Å². The standard InChI is InChI=1S/C25H32N2O5S/c1-26(2)33(29,30)24-18-19(9-15-23(24)32-4)10-16-25(28)27-17-7-5-6-8-22(27)20-11-13-21(31-3)14-12-20/h9-16,18,22H,5-8,17H2,1-4H3/b16-10+/t22-/m0/s1. The first-order valence-electron chi connectivity index (χ1n) is 11.0. The van der Waals surface area contributed by atoms with Crippen molar-refractivity contribution in [2.24, 2.45) is 0 Å². The van der Waals surface area contributed by atoms with E-state index in [9.17, 15) is 13.2 Å². The van der Waals surface area contributed by atoms with Gasteiger partial charge >= 0.3 is 0 Å². The molecule has 1 amide bonds. The summed E-state index contributed by atoms with van der Waals surface area (Å²) in [4.78, 5) is 15.2. The van der Waals surface area contributed by atoms with Crippen LogP contribution in [-0.4, -0.2) is 58.4 Å². The number of carbonyl (C=O) groups excluding carboxylic acids is 1. The van der Waals surface area contributed by atoms with Crippen LogP contribution in [0.4, 0.5) is 0 Å². The summed E-state index contributed by atoms with van der Waals surface area (Å²) in [5.74, 6) is 0.956. The molecule has 1 aliphatic rings. The monoisotopic (exact) mass is 472 g/mol. The number of hydrogen-bond acceptors (Lipinski definition) is 5. The zero-order chi connectivity index (χ0) is 24.0. The predicted octanol–water partition coefficient (Wildman–Crippen LogP) is 4.11. The third-order valence-corrected chi connectivity index (χ3v) is 7.74. The van der Waals surface area contributed by atoms with Crippen LogP contribution in [0.2, 0.25) is 0 Å². The van der Waals surface area contributed by atoms with Crippen LogP contribution in [0.1, 0.15) is 42.9 Å². The van der Waals surface area contributed by atoms with E-state index in [0.29, 0.717) is 12.1 Å². The minimum atomic E-state index is -3.69. The second-order valence-electron chi connectivity index (χ2n) is 8.20. The number of benzene rings is 2. The zero-order valence-electron chi connectivity index (χ0n) is 19.7. The third kappa shape index (κ3) is 5.75. The number of amides is 1. The van der Waals surface area contributed by atoms with Crippen LogP contribution in [0.3, 0.4) is 0 Å². The highest BCUT2D eigenvalue weighted by Crippen LogP contribution is 2.32. The lowest BCUT2D eigenvalue weighted by molar-refractivity contribution is -0.128. The topological polar surface area (TPSA) is 76.1 Å². The molecule has 1 saturated heterocycles. The molecule has 1 fully saturated rings. The first-order valence-corrected chi connectivity index (χ1v) is 12.4. The summed E-state index contributed by atoms with van der Waals surface area (Å²) >= 11 is 0. The van der Waals surface area contributed by atoms with Crippen LogP contribution < -0.4 is 9.47 Å². The van der Waals surface area contributed by atoms with E-state index in [0.717, 1.165) is 41.3 Å². The molecule has 33 heavy (non-hydrogen) atoms. The van der Waals surface area contributed by atoms with Crippen molar-refractivity contribution >= 4 is 22.0 Å². The zero-order valence-corrected chi connectivity index (χ0v) is 20.5. The van der Waals surface area contributed by atoms with E-state index in [1.165, 1.54) is 33.3 Å². The summed E-state index contributed by atoms with van der Waals surface area (Å²) in [6.07, 6.45) is 7.20. The van der Waals surface area contributed by atoms with Crippen LogP contribution in [-0.2, 0) is 14.8 Å². The van der Waals surface area contributed by atoms with E-state index < -0.39 is 10.0 Å². The molecular weight excluding hydrogens is 440 g/mol. The van der Waals surface area contributed by atoms with Crippen LogP contribution in [0.15, 0.2) is 53.4 Å². The Balaban J connectivity index is 1.87. The van der Waals surface area contributed by atoms with Crippen molar-refractivity contribution in [2.45, 2.75) is 36.6 Å². The van der Waals surface area contributed by atoms with E-state index in [4.69, 9.17) is 9.47 Å². The van der Waals surface area contributed by atoms with Gasteiger partial charge in [0.15, 0.2) is 0 Å². The van der Waals surface area contributed by atoms with Gasteiger partial charge in [0.05, 0.1) is 20.3 Å². The average Bonchev–Trinajstić information content (AvgIpc) is 3.08. The number of sulfonamides is 1. The summed E-state index contributed by atoms with van der Waals surface area (Å²) < 4.78 is 37.0. The van der Waals surface area contributed by atoms with Crippen molar-refractivity contribution in [2.75, 3.05) is 34.9 Å². The Morgan fingerprint density at radius 2 is 1.76 bits per heavy atom. The number of carbonyl (C=O) groups is 1. The lowest BCUT2D eigenvalue weighted by Crippen LogP contribution is -2.33. The third-order valence-electron chi connectivity index (χ3n) is 5.90. The molecule has 0 bridgehead atoms. The molecule has 0 unspecified atom stereocenters. The van der Waals surface area contributed by atoms with Crippen LogP contribution >= 0.6 is 0 Å². The first-order chi connectivity index (χ1) is 15.8. The first kappa shape index (κ1) is 24.8. The number of ether oxygens (including phenoxy) is 2. The van der Waals surface area contributed by atoms with Crippen molar-refractivity contribution in [1.29, 1.82) is 0 Å². The Bertz CT molecular complexity index is 1090. The largest absolute Gasteiger partial charge is 0.497 e. The minimum Gasteiger partial charge on any atom is -0.497 e. The number of nitrogens with zero attached hydrogens (tertiary/aromatic N) is 2. The van der Waals surface area contributed by atoms with E-state index in [1.54, 1.807) is 25.3 Å². The molecule has 2 aromatic carbocycles. The molecule has 1 atom stereocenters. The molecule has 0 saturated carbocycles. The molecular formula is C25H32N2O5S. The molecule has 1 heterocycles. The quantitative estimate of drug-likeness (QED) is 0.567. The fraction of sp³-hybridized carbons (Fsp3) is 0.400. The average molecular weight is 473 g/mol. The summed E-state index contributed by atoms with van der Waals surface area (Å²) in [7, 11) is 2.32. The number of methoxy groups -OCH3 is 2. The van der Waals surface area contributed by atoms with Gasteiger partial charge in [-0.2, -0.15) is 0 Å². The van der Waals surface area contributed by atoms with Gasteiger partial charge in [0.25, 0.3) is 0 Å². The van der Waals surface area contributed by atoms with E-state index >= 15 is 0 Å². The highest BCUT2D eigenvalue weighted by atomic mass is 32.2. The summed E-state index contributed by atoms with van der Waals surface area (Å²) in [6.45, 7) is 0.683. The molecule has 0 aliphatic carbocycles. The molecule has 8 heteroatoms. The molecule has 178 valence electrons. The summed E-state index contributed by atoms with van der Waals surface area (Å²) in [5.41, 5.74) is 1.70. The molecule has 7 nitrogen and oxygen atoms in total. The van der Waals surface area contributed by atoms with Crippen molar-refractivity contribution in [3.05, 3.63) is 59.7 Å². The summed E-state index contributed by atoms with van der Waals surface area (Å²) in [5, 5.41) is 0. The van der Waals surface area contributed by atoms with Crippen molar-refractivity contribution in [3.63, 3.8) is 0 Å². The van der Waals surface area contributed by atoms with Crippen LogP contribution in [0, 0.1) is 0 Å². The Morgan fingerprint density at radius 3 is 2.39 bits per heavy atom. The maximum Gasteiger partial charge on any atom is 0.247 e. The maximum atomic E-state index is 13.2. The Hall–Kier alpha value is -2.84. The molecule has 0 aromatic heterocycles. The highest BCUT2D eigenvalue weighted by molar-refractivity contribution is 7.89. The van der Waals surface area contributed by atoms with Gasteiger partial charge in [0.2, 0.25) is 15.9 Å².